The number of pyridine rings is 1. The van der Waals surface area contributed by atoms with Crippen molar-refractivity contribution in [2.45, 2.75) is 19.1 Å². The van der Waals surface area contributed by atoms with Crippen LogP contribution < -0.4 is 20.1 Å². The monoisotopic (exact) mass is 524 g/mol. The topological polar surface area (TPSA) is 67.8 Å². The number of hydrogen-bond acceptors (Lipinski definition) is 4. The second kappa shape index (κ2) is 12.3. The first-order chi connectivity index (χ1) is 13.4. The summed E-state index contributed by atoms with van der Waals surface area (Å²) < 4.78 is 46.7. The number of halogens is 4. The van der Waals surface area contributed by atoms with Gasteiger partial charge in [0.15, 0.2) is 12.6 Å². The van der Waals surface area contributed by atoms with Crippen LogP contribution in [-0.4, -0.2) is 44.4 Å². The van der Waals surface area contributed by atoms with E-state index < -0.39 is 12.8 Å². The Kier molecular flexibility index (Phi) is 10.6. The van der Waals surface area contributed by atoms with Gasteiger partial charge in [-0.05, 0) is 29.7 Å². The van der Waals surface area contributed by atoms with Crippen molar-refractivity contribution in [2.24, 2.45) is 4.99 Å². The van der Waals surface area contributed by atoms with E-state index in [0.29, 0.717) is 19.0 Å². The lowest BCUT2D eigenvalue weighted by atomic mass is 10.1. The van der Waals surface area contributed by atoms with Crippen LogP contribution in [0, 0.1) is 0 Å². The van der Waals surface area contributed by atoms with E-state index in [1.807, 2.05) is 24.3 Å². The first-order valence-electron chi connectivity index (χ1n) is 8.62. The zero-order chi connectivity index (χ0) is 20.4. The normalized spacial score (nSPS) is 11.4. The molecular weight excluding hydrogens is 500 g/mol. The molecule has 0 spiro atoms. The predicted molar refractivity (Wildman–Crippen MR) is 116 cm³/mol. The molecule has 1 heterocycles. The molecule has 0 radical (unpaired) electrons. The first-order valence-corrected chi connectivity index (χ1v) is 8.62. The summed E-state index contributed by atoms with van der Waals surface area (Å²) >= 11 is 0. The van der Waals surface area contributed by atoms with E-state index in [2.05, 4.69) is 25.3 Å². The SMILES string of the molecule is CN=C(NCCc1ccccc1OC)NCc1ccnc(OCC(F)(F)F)c1.I. The van der Waals surface area contributed by atoms with E-state index in [1.54, 1.807) is 20.2 Å². The average Bonchev–Trinajstić information content (AvgIpc) is 2.69. The zero-order valence-electron chi connectivity index (χ0n) is 16.1. The maximum atomic E-state index is 12.2. The Bertz CT molecular complexity index is 788. The van der Waals surface area contributed by atoms with Gasteiger partial charge in [-0.25, -0.2) is 4.98 Å². The summed E-state index contributed by atoms with van der Waals surface area (Å²) in [4.78, 5) is 7.92. The van der Waals surface area contributed by atoms with E-state index in [9.17, 15) is 13.2 Å². The lowest BCUT2D eigenvalue weighted by Crippen LogP contribution is -2.37. The molecule has 29 heavy (non-hydrogen) atoms. The van der Waals surface area contributed by atoms with Crippen molar-refractivity contribution in [1.82, 2.24) is 15.6 Å². The highest BCUT2D eigenvalue weighted by Crippen LogP contribution is 2.18. The van der Waals surface area contributed by atoms with Crippen molar-refractivity contribution >= 4 is 29.9 Å². The van der Waals surface area contributed by atoms with Crippen LogP contribution >= 0.6 is 24.0 Å². The number of hydrogen-bond donors (Lipinski definition) is 2. The molecule has 0 aliphatic rings. The second-order valence-electron chi connectivity index (χ2n) is 5.82. The number of aliphatic imine (C=N–C) groups is 1. The molecule has 0 atom stereocenters. The molecule has 0 saturated carbocycles. The number of methoxy groups -OCH3 is 1. The standard InChI is InChI=1S/C19H23F3N4O2.HI/c1-23-18(25-10-8-15-5-3-4-6-16(15)27-2)26-12-14-7-9-24-17(11-14)28-13-19(20,21)22;/h3-7,9,11H,8,10,12-13H2,1-2H3,(H2,23,25,26);1H. The number of rotatable bonds is 8. The van der Waals surface area contributed by atoms with Gasteiger partial charge in [0.05, 0.1) is 7.11 Å². The van der Waals surface area contributed by atoms with E-state index in [1.165, 1.54) is 12.3 Å². The fraction of sp³-hybridized carbons (Fsp3) is 0.368. The highest BCUT2D eigenvalue weighted by molar-refractivity contribution is 14.0. The van der Waals surface area contributed by atoms with Gasteiger partial charge < -0.3 is 20.1 Å². The van der Waals surface area contributed by atoms with E-state index >= 15 is 0 Å². The average molecular weight is 524 g/mol. The fourth-order valence-corrected chi connectivity index (χ4v) is 2.43. The first kappa shape index (κ1) is 24.8. The minimum absolute atomic E-state index is 0. The second-order valence-corrected chi connectivity index (χ2v) is 5.82. The molecular formula is C19H24F3IN4O2. The number of para-hydroxylation sites is 1. The summed E-state index contributed by atoms with van der Waals surface area (Å²) in [5, 5.41) is 6.29. The zero-order valence-corrected chi connectivity index (χ0v) is 18.5. The lowest BCUT2D eigenvalue weighted by molar-refractivity contribution is -0.154. The molecule has 2 N–H and O–H groups in total. The van der Waals surface area contributed by atoms with Crippen molar-refractivity contribution in [3.63, 3.8) is 0 Å². The molecule has 160 valence electrons. The third-order valence-corrected chi connectivity index (χ3v) is 3.75. The number of ether oxygens (including phenoxy) is 2. The maximum absolute atomic E-state index is 12.2. The number of aromatic nitrogens is 1. The van der Waals surface area contributed by atoms with E-state index in [4.69, 9.17) is 4.74 Å². The summed E-state index contributed by atoms with van der Waals surface area (Å²) in [5.74, 6) is 1.33. The molecule has 0 bridgehead atoms. The Morgan fingerprint density at radius 3 is 2.62 bits per heavy atom. The molecule has 1 aromatic carbocycles. The van der Waals surface area contributed by atoms with Gasteiger partial charge in [-0.15, -0.1) is 24.0 Å². The van der Waals surface area contributed by atoms with Crippen LogP contribution in [0.5, 0.6) is 11.6 Å². The van der Waals surface area contributed by atoms with Crippen molar-refractivity contribution in [3.8, 4) is 11.6 Å². The van der Waals surface area contributed by atoms with Crippen LogP contribution in [0.15, 0.2) is 47.6 Å². The minimum Gasteiger partial charge on any atom is -0.496 e. The summed E-state index contributed by atoms with van der Waals surface area (Å²) in [7, 11) is 3.27. The fourth-order valence-electron chi connectivity index (χ4n) is 2.43. The lowest BCUT2D eigenvalue weighted by Gasteiger charge is -2.14. The Balaban J connectivity index is 0.00000420. The molecule has 6 nitrogen and oxygen atoms in total. The van der Waals surface area contributed by atoms with Crippen LogP contribution in [0.4, 0.5) is 13.2 Å². The number of guanidine groups is 1. The van der Waals surface area contributed by atoms with Crippen molar-refractivity contribution in [2.75, 3.05) is 27.3 Å². The molecule has 0 saturated heterocycles. The van der Waals surface area contributed by atoms with Crippen LogP contribution in [0.25, 0.3) is 0 Å². The Labute approximate surface area is 184 Å². The van der Waals surface area contributed by atoms with Crippen LogP contribution in [0.1, 0.15) is 11.1 Å². The molecule has 2 rings (SSSR count). The van der Waals surface area contributed by atoms with Gasteiger partial charge in [0.2, 0.25) is 5.88 Å². The van der Waals surface area contributed by atoms with Crippen molar-refractivity contribution < 1.29 is 22.6 Å². The summed E-state index contributed by atoms with van der Waals surface area (Å²) in [6.45, 7) is -0.376. The number of nitrogens with one attached hydrogen (secondary N) is 2. The summed E-state index contributed by atoms with van der Waals surface area (Å²) in [6.07, 6.45) is -2.25. The Morgan fingerprint density at radius 1 is 1.17 bits per heavy atom. The van der Waals surface area contributed by atoms with Gasteiger partial charge in [0.1, 0.15) is 5.75 Å². The largest absolute Gasteiger partial charge is 0.496 e. The molecule has 0 fully saturated rings. The van der Waals surface area contributed by atoms with Crippen molar-refractivity contribution in [3.05, 3.63) is 53.7 Å². The predicted octanol–water partition coefficient (Wildman–Crippen LogP) is 3.56. The van der Waals surface area contributed by atoms with E-state index in [0.717, 1.165) is 23.3 Å². The molecule has 0 aliphatic carbocycles. The number of nitrogens with zero attached hydrogens (tertiary/aromatic N) is 2. The molecule has 2 aromatic rings. The van der Waals surface area contributed by atoms with Gasteiger partial charge in [0, 0.05) is 32.4 Å². The molecule has 0 aliphatic heterocycles. The van der Waals surface area contributed by atoms with Gasteiger partial charge in [0.25, 0.3) is 0 Å². The van der Waals surface area contributed by atoms with Gasteiger partial charge in [-0.2, -0.15) is 13.2 Å². The highest BCUT2D eigenvalue weighted by atomic mass is 127. The quantitative estimate of drug-likeness (QED) is 0.314. The van der Waals surface area contributed by atoms with Crippen LogP contribution in [0.2, 0.25) is 0 Å². The molecule has 1 aromatic heterocycles. The van der Waals surface area contributed by atoms with E-state index in [-0.39, 0.29) is 29.9 Å². The summed E-state index contributed by atoms with van der Waals surface area (Å²) in [5.41, 5.74) is 1.80. The summed E-state index contributed by atoms with van der Waals surface area (Å²) in [6, 6.07) is 10.9. The molecule has 10 heteroatoms. The van der Waals surface area contributed by atoms with Crippen molar-refractivity contribution in [1.29, 1.82) is 0 Å². The highest BCUT2D eigenvalue weighted by Gasteiger charge is 2.28. The Morgan fingerprint density at radius 2 is 1.93 bits per heavy atom. The van der Waals surface area contributed by atoms with Crippen LogP contribution in [-0.2, 0) is 13.0 Å². The molecule has 0 unspecified atom stereocenters. The van der Waals surface area contributed by atoms with Gasteiger partial charge >= 0.3 is 6.18 Å². The smallest absolute Gasteiger partial charge is 0.422 e. The number of alkyl halides is 3. The third kappa shape index (κ3) is 9.20. The minimum atomic E-state index is -4.40. The van der Waals surface area contributed by atoms with Crippen LogP contribution in [0.3, 0.4) is 0 Å². The Hall–Kier alpha value is -2.24. The van der Waals surface area contributed by atoms with Gasteiger partial charge in [-0.1, -0.05) is 18.2 Å². The molecule has 0 amide bonds. The number of benzene rings is 1. The maximum Gasteiger partial charge on any atom is 0.422 e. The third-order valence-electron chi connectivity index (χ3n) is 3.75. The van der Waals surface area contributed by atoms with Gasteiger partial charge in [-0.3, -0.25) is 4.99 Å².